The fourth-order valence-corrected chi connectivity index (χ4v) is 17.2. The normalized spacial score (nSPS) is 10.6. The topological polar surface area (TPSA) is 0 Å². The molecule has 0 nitrogen and oxygen atoms in total. The second-order valence-corrected chi connectivity index (χ2v) is 24.0. The van der Waals surface area contributed by atoms with Crippen molar-refractivity contribution in [1.29, 1.82) is 0 Å². The van der Waals surface area contributed by atoms with Gasteiger partial charge in [0.2, 0.25) is 0 Å². The van der Waals surface area contributed by atoms with Gasteiger partial charge in [0.1, 0.15) is 0 Å². The van der Waals surface area contributed by atoms with E-state index >= 15 is 0 Å². The molecule has 324 valence electrons. The van der Waals surface area contributed by atoms with Gasteiger partial charge in [0.05, 0.1) is 0 Å². The van der Waals surface area contributed by atoms with Crippen molar-refractivity contribution in [2.75, 3.05) is 24.6 Å². The third-order valence-corrected chi connectivity index (χ3v) is 21.0. The van der Waals surface area contributed by atoms with E-state index in [-0.39, 0.29) is 86.1 Å². The Hall–Kier alpha value is -2.90. The summed E-state index contributed by atoms with van der Waals surface area (Å²) >= 11 is 0. The van der Waals surface area contributed by atoms with Gasteiger partial charge >= 0.3 is 20.4 Å². The molecule has 0 saturated heterocycles. The van der Waals surface area contributed by atoms with E-state index in [1.165, 1.54) is 92.8 Å². The van der Waals surface area contributed by atoms with Crippen LogP contribution in [0.1, 0.15) is 25.7 Å². The van der Waals surface area contributed by atoms with Crippen LogP contribution in [-0.4, -0.2) is 24.6 Å². The van der Waals surface area contributed by atoms with Crippen molar-refractivity contribution in [3.63, 3.8) is 0 Å². The molecular weight excluding hydrogens is 1060 g/mol. The van der Waals surface area contributed by atoms with Crippen LogP contribution in [0, 0.1) is 0 Å². The van der Waals surface area contributed by atoms with E-state index in [1.807, 2.05) is 0 Å². The van der Waals surface area contributed by atoms with Gasteiger partial charge in [-0.05, 0) is 124 Å². The molecule has 8 aromatic carbocycles. The molecule has 0 heterocycles. The minimum absolute atomic E-state index is 0. The average Bonchev–Trinajstić information content (AvgIpc) is 3.34. The third-order valence-electron chi connectivity index (χ3n) is 10.6. The zero-order chi connectivity index (χ0) is 40.9. The largest absolute Gasteiger partial charge is 2.00 e. The van der Waals surface area contributed by atoms with Crippen LogP contribution in [0.5, 0.6) is 0 Å². The summed E-state index contributed by atoms with van der Waals surface area (Å²) in [4.78, 5) is 0. The fourth-order valence-electron chi connectivity index (χ4n) is 7.57. The number of halogens is 2. The summed E-state index contributed by atoms with van der Waals surface area (Å²) in [6.07, 6.45) is 10.1. The van der Waals surface area contributed by atoms with Gasteiger partial charge in [0.15, 0.2) is 0 Å². The SMILES string of the molecule is [Br-].[Br-].[Pd+2].c1ccc(P(CCCCP(c2ccccc2)c2ccccc2)c2ccccc2)cc1.c1ccc(P(CCCCP(c2ccccc2)c2ccccc2)c2ccccc2)cc1. The molecule has 0 aliphatic heterocycles. The molecule has 0 bridgehead atoms. The zero-order valence-electron chi connectivity index (χ0n) is 35.6. The molecule has 0 aliphatic carbocycles. The maximum Gasteiger partial charge on any atom is 2.00 e. The summed E-state index contributed by atoms with van der Waals surface area (Å²) in [5.41, 5.74) is 0. The summed E-state index contributed by atoms with van der Waals surface area (Å²) in [6.45, 7) is 0. The first kappa shape index (κ1) is 52.7. The van der Waals surface area contributed by atoms with Crippen molar-refractivity contribution in [2.45, 2.75) is 25.7 Å². The van der Waals surface area contributed by atoms with Crippen molar-refractivity contribution in [1.82, 2.24) is 0 Å². The summed E-state index contributed by atoms with van der Waals surface area (Å²) in [5, 5.41) is 11.9. The van der Waals surface area contributed by atoms with Crippen LogP contribution in [0.2, 0.25) is 0 Å². The monoisotopic (exact) mass is 1120 g/mol. The standard InChI is InChI=1S/2C28H28P2.2BrH.Pd/c2*1-5-15-25(16-6-1)29(26-17-7-2-8-18-26)23-13-14-24-30(27-19-9-3-10-20-27)28-21-11-4-12-22-28;;;/h2*1-12,15-22H,13-14,23-24H2;2*1H;/q;;;;+2/p-2. The number of hydrogen-bond acceptors (Lipinski definition) is 0. The molecule has 0 spiro atoms. The van der Waals surface area contributed by atoms with Crippen molar-refractivity contribution >= 4 is 74.1 Å². The predicted octanol–water partition coefficient (Wildman–Crippen LogP) is 6.07. The molecular formula is C56H56Br2P4Pd. The maximum atomic E-state index is 2.31. The first-order valence-electron chi connectivity index (χ1n) is 21.3. The van der Waals surface area contributed by atoms with Crippen LogP contribution in [0.15, 0.2) is 243 Å². The molecule has 0 radical (unpaired) electrons. The van der Waals surface area contributed by atoms with Gasteiger partial charge in [-0.1, -0.05) is 243 Å². The third kappa shape index (κ3) is 16.8. The Morgan fingerprint density at radius 3 is 0.413 bits per heavy atom. The molecule has 0 fully saturated rings. The Morgan fingerprint density at radius 2 is 0.302 bits per heavy atom. The second-order valence-electron chi connectivity index (χ2n) is 14.7. The van der Waals surface area contributed by atoms with E-state index in [4.69, 9.17) is 0 Å². The second kappa shape index (κ2) is 30.3. The van der Waals surface area contributed by atoms with Gasteiger partial charge in [0, 0.05) is 0 Å². The number of unbranched alkanes of at least 4 members (excludes halogenated alkanes) is 2. The fraction of sp³-hybridized carbons (Fsp3) is 0.143. The van der Waals surface area contributed by atoms with E-state index < -0.39 is 0 Å². The minimum atomic E-state index is -0.283. The van der Waals surface area contributed by atoms with Crippen LogP contribution in [0.4, 0.5) is 0 Å². The first-order chi connectivity index (χ1) is 29.8. The Morgan fingerprint density at radius 1 is 0.190 bits per heavy atom. The Balaban J connectivity index is 0.000000264. The van der Waals surface area contributed by atoms with E-state index in [2.05, 4.69) is 243 Å². The molecule has 8 rings (SSSR count). The quantitative estimate of drug-likeness (QED) is 0.0557. The van der Waals surface area contributed by atoms with Gasteiger partial charge in [-0.3, -0.25) is 0 Å². The molecule has 0 aromatic heterocycles. The maximum absolute atomic E-state index is 2.31. The van der Waals surface area contributed by atoms with E-state index in [9.17, 15) is 0 Å². The summed E-state index contributed by atoms with van der Waals surface area (Å²) in [5.74, 6) is 0. The molecule has 0 amide bonds. The van der Waals surface area contributed by atoms with Crippen LogP contribution < -0.4 is 76.4 Å². The smallest absolute Gasteiger partial charge is 1.00 e. The van der Waals surface area contributed by atoms with Crippen LogP contribution in [0.3, 0.4) is 0 Å². The molecule has 8 aromatic rings. The van der Waals surface area contributed by atoms with E-state index in [1.54, 1.807) is 0 Å². The van der Waals surface area contributed by atoms with Gasteiger partial charge in [-0.25, -0.2) is 0 Å². The molecule has 63 heavy (non-hydrogen) atoms. The average molecular weight is 1120 g/mol. The van der Waals surface area contributed by atoms with Crippen LogP contribution in [0.25, 0.3) is 0 Å². The van der Waals surface area contributed by atoms with Crippen molar-refractivity contribution < 1.29 is 54.4 Å². The Bertz CT molecular complexity index is 1830. The summed E-state index contributed by atoms with van der Waals surface area (Å²) in [6, 6.07) is 88.7. The van der Waals surface area contributed by atoms with Crippen LogP contribution >= 0.6 is 31.7 Å². The molecule has 0 unspecified atom stereocenters. The molecule has 7 heteroatoms. The molecule has 0 saturated carbocycles. The predicted molar refractivity (Wildman–Crippen MR) is 274 cm³/mol. The first-order valence-corrected chi connectivity index (χ1v) is 27.4. The van der Waals surface area contributed by atoms with Crippen molar-refractivity contribution in [2.24, 2.45) is 0 Å². The van der Waals surface area contributed by atoms with Gasteiger partial charge in [-0.2, -0.15) is 0 Å². The Labute approximate surface area is 418 Å². The molecule has 0 N–H and O–H groups in total. The van der Waals surface area contributed by atoms with Crippen molar-refractivity contribution in [3.05, 3.63) is 243 Å². The number of benzene rings is 8. The van der Waals surface area contributed by atoms with Gasteiger partial charge in [-0.15, -0.1) is 0 Å². The summed E-state index contributed by atoms with van der Waals surface area (Å²) in [7, 11) is -1.13. The van der Waals surface area contributed by atoms with Gasteiger partial charge < -0.3 is 34.0 Å². The number of hydrogen-bond donors (Lipinski definition) is 0. The van der Waals surface area contributed by atoms with Crippen LogP contribution in [-0.2, 0) is 20.4 Å². The van der Waals surface area contributed by atoms with Crippen molar-refractivity contribution in [3.8, 4) is 0 Å². The zero-order valence-corrected chi connectivity index (χ0v) is 43.9. The van der Waals surface area contributed by atoms with Gasteiger partial charge in [0.25, 0.3) is 0 Å². The molecule has 0 aliphatic rings. The minimum Gasteiger partial charge on any atom is -1.00 e. The number of rotatable bonds is 18. The Kier molecular flexibility index (Phi) is 25.4. The van der Waals surface area contributed by atoms with E-state index in [0.29, 0.717) is 0 Å². The van der Waals surface area contributed by atoms with E-state index in [0.717, 1.165) is 0 Å². The summed E-state index contributed by atoms with van der Waals surface area (Å²) < 4.78 is 0. The molecule has 0 atom stereocenters.